The van der Waals surface area contributed by atoms with Crippen LogP contribution in [0.4, 0.5) is 10.1 Å². The quantitative estimate of drug-likeness (QED) is 0.128. The van der Waals surface area contributed by atoms with Gasteiger partial charge in [-0.3, -0.25) is 4.79 Å². The standard InChI is InChI=1S/C36H34FNO5/c1-21-7-12-26(37)17-32(21)42-20-30-28(15-16-31-34(30)22(2)19-36(4,5)38-31)29-14-13-27(18-33(29)41-6)43-35(40)25-10-8-24(9-11-25)23(3)39/h7-19,38H,20H2,1-6H3. The van der Waals surface area contributed by atoms with E-state index in [1.54, 1.807) is 49.6 Å². The van der Waals surface area contributed by atoms with E-state index in [2.05, 4.69) is 32.2 Å². The molecule has 0 spiro atoms. The van der Waals surface area contributed by atoms with E-state index in [1.165, 1.54) is 19.1 Å². The van der Waals surface area contributed by atoms with Gasteiger partial charge in [0.25, 0.3) is 0 Å². The summed E-state index contributed by atoms with van der Waals surface area (Å²) in [6, 6.07) is 20.1. The van der Waals surface area contributed by atoms with Gasteiger partial charge in [0.2, 0.25) is 0 Å². The summed E-state index contributed by atoms with van der Waals surface area (Å²) in [5.74, 6) is 0.297. The van der Waals surface area contributed by atoms with Gasteiger partial charge in [-0.1, -0.05) is 30.3 Å². The molecule has 0 saturated heterocycles. The molecule has 220 valence electrons. The van der Waals surface area contributed by atoms with E-state index in [1.807, 2.05) is 25.1 Å². The van der Waals surface area contributed by atoms with Crippen molar-refractivity contribution in [3.05, 3.63) is 113 Å². The van der Waals surface area contributed by atoms with Crippen molar-refractivity contribution in [3.63, 3.8) is 0 Å². The summed E-state index contributed by atoms with van der Waals surface area (Å²) in [6.45, 7) is 9.84. The highest BCUT2D eigenvalue weighted by Crippen LogP contribution is 2.43. The molecule has 0 atom stereocenters. The molecule has 4 aromatic carbocycles. The fourth-order valence-electron chi connectivity index (χ4n) is 5.45. The number of anilines is 1. The highest BCUT2D eigenvalue weighted by Gasteiger charge is 2.27. The lowest BCUT2D eigenvalue weighted by Crippen LogP contribution is -2.32. The average molecular weight is 580 g/mol. The van der Waals surface area contributed by atoms with Gasteiger partial charge < -0.3 is 19.5 Å². The first kappa shape index (κ1) is 29.6. The van der Waals surface area contributed by atoms with Crippen LogP contribution in [0, 0.1) is 12.7 Å². The number of esters is 1. The summed E-state index contributed by atoms with van der Waals surface area (Å²) in [6.07, 6.45) is 2.18. The Bertz CT molecular complexity index is 1750. The number of Topliss-reactive ketones (excluding diaryl/α,β-unsaturated/α-hetero) is 1. The van der Waals surface area contributed by atoms with Crippen molar-refractivity contribution in [1.29, 1.82) is 0 Å². The van der Waals surface area contributed by atoms with Crippen molar-refractivity contribution in [2.24, 2.45) is 0 Å². The number of aryl methyl sites for hydroxylation is 1. The molecule has 1 heterocycles. The molecule has 0 amide bonds. The average Bonchev–Trinajstić information content (AvgIpc) is 2.96. The highest BCUT2D eigenvalue weighted by atomic mass is 19.1. The third kappa shape index (κ3) is 6.31. The van der Waals surface area contributed by atoms with Crippen LogP contribution in [0.1, 0.15) is 65.1 Å². The van der Waals surface area contributed by atoms with Gasteiger partial charge in [-0.25, -0.2) is 9.18 Å². The Hall–Kier alpha value is -4.91. The maximum atomic E-state index is 14.1. The number of nitrogens with one attached hydrogen (secondary N) is 1. The molecular formula is C36H34FNO5. The Kier molecular flexibility index (Phi) is 8.09. The summed E-state index contributed by atoms with van der Waals surface area (Å²) < 4.78 is 31.7. The number of fused-ring (bicyclic) bond motifs is 1. The van der Waals surface area contributed by atoms with Crippen LogP contribution in [0.15, 0.2) is 78.9 Å². The molecule has 1 N–H and O–H groups in total. The molecule has 4 aromatic rings. The molecule has 0 aromatic heterocycles. The van der Waals surface area contributed by atoms with Gasteiger partial charge in [0, 0.05) is 40.1 Å². The second-order valence-corrected chi connectivity index (χ2v) is 11.3. The number of allylic oxidation sites excluding steroid dienone is 1. The Morgan fingerprint density at radius 1 is 0.860 bits per heavy atom. The first-order valence-electron chi connectivity index (χ1n) is 14.0. The zero-order valence-electron chi connectivity index (χ0n) is 25.1. The minimum atomic E-state index is -0.548. The molecule has 5 rings (SSSR count). The predicted molar refractivity (Wildman–Crippen MR) is 167 cm³/mol. The molecule has 0 unspecified atom stereocenters. The first-order valence-corrected chi connectivity index (χ1v) is 14.0. The summed E-state index contributed by atoms with van der Waals surface area (Å²) in [7, 11) is 1.56. The Balaban J connectivity index is 1.52. The summed E-state index contributed by atoms with van der Waals surface area (Å²) >= 11 is 0. The summed E-state index contributed by atoms with van der Waals surface area (Å²) in [5, 5.41) is 3.59. The van der Waals surface area contributed by atoms with E-state index in [9.17, 15) is 14.0 Å². The van der Waals surface area contributed by atoms with Gasteiger partial charge in [0.1, 0.15) is 29.7 Å². The van der Waals surface area contributed by atoms with Gasteiger partial charge >= 0.3 is 5.97 Å². The van der Waals surface area contributed by atoms with E-state index in [0.29, 0.717) is 28.4 Å². The zero-order valence-corrected chi connectivity index (χ0v) is 25.1. The number of hydrogen-bond donors (Lipinski definition) is 1. The van der Waals surface area contributed by atoms with E-state index in [0.717, 1.165) is 39.1 Å². The lowest BCUT2D eigenvalue weighted by Gasteiger charge is -2.33. The molecule has 0 fully saturated rings. The molecule has 1 aliphatic rings. The molecule has 6 nitrogen and oxygen atoms in total. The number of methoxy groups -OCH3 is 1. The summed E-state index contributed by atoms with van der Waals surface area (Å²) in [5.41, 5.74) is 7.09. The smallest absolute Gasteiger partial charge is 0.343 e. The second kappa shape index (κ2) is 11.8. The zero-order chi connectivity index (χ0) is 30.9. The van der Waals surface area contributed by atoms with Crippen molar-refractivity contribution in [2.75, 3.05) is 12.4 Å². The van der Waals surface area contributed by atoms with Crippen LogP contribution < -0.4 is 19.5 Å². The maximum absolute atomic E-state index is 14.1. The molecule has 7 heteroatoms. The van der Waals surface area contributed by atoms with Crippen LogP contribution in [-0.4, -0.2) is 24.4 Å². The van der Waals surface area contributed by atoms with Crippen LogP contribution in [0.25, 0.3) is 16.7 Å². The van der Waals surface area contributed by atoms with E-state index >= 15 is 0 Å². The molecule has 0 bridgehead atoms. The fourth-order valence-corrected chi connectivity index (χ4v) is 5.45. The highest BCUT2D eigenvalue weighted by molar-refractivity contribution is 5.96. The Morgan fingerprint density at radius 3 is 2.26 bits per heavy atom. The number of carbonyl (C=O) groups is 2. The topological polar surface area (TPSA) is 73.9 Å². The van der Waals surface area contributed by atoms with Gasteiger partial charge in [-0.2, -0.15) is 0 Å². The lowest BCUT2D eigenvalue weighted by molar-refractivity contribution is 0.0734. The van der Waals surface area contributed by atoms with Gasteiger partial charge in [0.15, 0.2) is 5.78 Å². The number of carbonyl (C=O) groups excluding carboxylic acids is 2. The van der Waals surface area contributed by atoms with E-state index in [-0.39, 0.29) is 23.7 Å². The summed E-state index contributed by atoms with van der Waals surface area (Å²) in [4.78, 5) is 24.4. The normalized spacial score (nSPS) is 13.3. The number of halogens is 1. The van der Waals surface area contributed by atoms with Crippen molar-refractivity contribution in [2.45, 2.75) is 46.8 Å². The third-order valence-corrected chi connectivity index (χ3v) is 7.46. The van der Waals surface area contributed by atoms with Crippen LogP contribution >= 0.6 is 0 Å². The minimum absolute atomic E-state index is 0.0802. The molecule has 1 aliphatic heterocycles. The number of hydrogen-bond acceptors (Lipinski definition) is 6. The number of ketones is 1. The maximum Gasteiger partial charge on any atom is 0.343 e. The number of rotatable bonds is 8. The molecular weight excluding hydrogens is 545 g/mol. The number of ether oxygens (including phenoxy) is 3. The van der Waals surface area contributed by atoms with Crippen molar-refractivity contribution >= 4 is 23.0 Å². The van der Waals surface area contributed by atoms with Crippen LogP contribution in [0.5, 0.6) is 17.2 Å². The van der Waals surface area contributed by atoms with E-state index < -0.39 is 5.97 Å². The molecule has 0 radical (unpaired) electrons. The molecule has 0 aliphatic carbocycles. The Morgan fingerprint density at radius 2 is 1.56 bits per heavy atom. The van der Waals surface area contributed by atoms with Gasteiger partial charge in [-0.15, -0.1) is 0 Å². The largest absolute Gasteiger partial charge is 0.496 e. The van der Waals surface area contributed by atoms with Crippen LogP contribution in [0.3, 0.4) is 0 Å². The fraction of sp³-hybridized carbons (Fsp3) is 0.222. The number of benzene rings is 4. The van der Waals surface area contributed by atoms with Crippen molar-refractivity contribution in [3.8, 4) is 28.4 Å². The van der Waals surface area contributed by atoms with Gasteiger partial charge in [0.05, 0.1) is 18.2 Å². The third-order valence-electron chi connectivity index (χ3n) is 7.46. The van der Waals surface area contributed by atoms with Crippen LogP contribution in [0.2, 0.25) is 0 Å². The lowest BCUT2D eigenvalue weighted by atomic mass is 9.85. The molecule has 43 heavy (non-hydrogen) atoms. The Labute approximate surface area is 251 Å². The molecule has 0 saturated carbocycles. The minimum Gasteiger partial charge on any atom is -0.496 e. The second-order valence-electron chi connectivity index (χ2n) is 11.3. The SMILES string of the molecule is COc1cc(OC(=O)c2ccc(C(C)=O)cc2)ccc1-c1ccc2c(c1COc1cc(F)ccc1C)C(C)=CC(C)(C)N2. The van der Waals surface area contributed by atoms with Crippen molar-refractivity contribution < 1.29 is 28.2 Å². The monoisotopic (exact) mass is 579 g/mol. The van der Waals surface area contributed by atoms with E-state index in [4.69, 9.17) is 14.2 Å². The van der Waals surface area contributed by atoms with Gasteiger partial charge in [-0.05, 0) is 87.7 Å². The van der Waals surface area contributed by atoms with Crippen molar-refractivity contribution in [1.82, 2.24) is 0 Å². The predicted octanol–water partition coefficient (Wildman–Crippen LogP) is 8.42. The first-order chi connectivity index (χ1) is 20.5. The van der Waals surface area contributed by atoms with Crippen LogP contribution in [-0.2, 0) is 6.61 Å².